The lowest BCUT2D eigenvalue weighted by molar-refractivity contribution is 0.00578. The Morgan fingerprint density at radius 3 is 2.28 bits per heavy atom. The standard InChI is InChI=1S/C27H41BO4/c1-18-14-20(10-12-22(18)28-31-26(6,7)27(8,9)32-28)16-21-11-13-23(19(2)15-21)30-17-24(29)25(3,4)5/h10-13,15,18,24,29H,14,16-17H2,1-9H3. The Bertz CT molecular complexity index is 875. The zero-order valence-electron chi connectivity index (χ0n) is 21.4. The SMILES string of the molecule is Cc1cc(CC2=CC=C(B3OC(C)(C)C(C)(C)O3)C(C)C2)ccc1OCC(O)C(C)(C)C. The number of aryl methyl sites for hydroxylation is 1. The number of hydrogen-bond donors (Lipinski definition) is 1. The molecule has 1 fully saturated rings. The molecule has 5 heteroatoms. The third-order valence-electron chi connectivity index (χ3n) is 7.24. The number of aliphatic hydroxyl groups is 1. The molecule has 32 heavy (non-hydrogen) atoms. The Hall–Kier alpha value is -1.56. The van der Waals surface area contributed by atoms with Gasteiger partial charge in [0.1, 0.15) is 12.4 Å². The largest absolute Gasteiger partial charge is 0.491 e. The van der Waals surface area contributed by atoms with Crippen LogP contribution in [0, 0.1) is 18.3 Å². The zero-order chi connectivity index (χ0) is 23.9. The minimum absolute atomic E-state index is 0.190. The van der Waals surface area contributed by atoms with E-state index in [0.717, 1.165) is 24.2 Å². The first kappa shape index (κ1) is 25.1. The molecular weight excluding hydrogens is 399 g/mol. The molecular formula is C27H41BO4. The van der Waals surface area contributed by atoms with Crippen LogP contribution < -0.4 is 4.74 Å². The maximum absolute atomic E-state index is 10.2. The molecule has 1 saturated heterocycles. The zero-order valence-corrected chi connectivity index (χ0v) is 21.4. The molecule has 0 amide bonds. The molecule has 1 heterocycles. The van der Waals surface area contributed by atoms with Crippen molar-refractivity contribution in [3.05, 3.63) is 52.5 Å². The van der Waals surface area contributed by atoms with Crippen LogP contribution in [0.3, 0.4) is 0 Å². The molecule has 2 aliphatic rings. The van der Waals surface area contributed by atoms with E-state index < -0.39 is 6.10 Å². The molecule has 1 aliphatic carbocycles. The van der Waals surface area contributed by atoms with Gasteiger partial charge in [0.2, 0.25) is 0 Å². The van der Waals surface area contributed by atoms with Gasteiger partial charge in [0.25, 0.3) is 0 Å². The molecule has 2 atom stereocenters. The van der Waals surface area contributed by atoms with Gasteiger partial charge in [-0.3, -0.25) is 0 Å². The van der Waals surface area contributed by atoms with Gasteiger partial charge in [0.15, 0.2) is 0 Å². The van der Waals surface area contributed by atoms with Crippen LogP contribution in [-0.2, 0) is 15.7 Å². The third-order valence-corrected chi connectivity index (χ3v) is 7.24. The van der Waals surface area contributed by atoms with E-state index >= 15 is 0 Å². The van der Waals surface area contributed by atoms with Crippen molar-refractivity contribution in [1.29, 1.82) is 0 Å². The third kappa shape index (κ3) is 5.49. The summed E-state index contributed by atoms with van der Waals surface area (Å²) in [5.74, 6) is 1.22. The fourth-order valence-corrected chi connectivity index (χ4v) is 4.04. The van der Waals surface area contributed by atoms with Crippen LogP contribution in [0.15, 0.2) is 41.4 Å². The molecule has 0 radical (unpaired) electrons. The van der Waals surface area contributed by atoms with E-state index in [0.29, 0.717) is 12.5 Å². The van der Waals surface area contributed by atoms with Crippen LogP contribution in [-0.4, -0.2) is 36.1 Å². The predicted octanol–water partition coefficient (Wildman–Crippen LogP) is 5.85. The molecule has 0 saturated carbocycles. The molecule has 1 aromatic carbocycles. The number of rotatable bonds is 6. The van der Waals surface area contributed by atoms with Crippen molar-refractivity contribution in [2.24, 2.45) is 11.3 Å². The lowest BCUT2D eigenvalue weighted by atomic mass is 9.67. The molecule has 3 rings (SSSR count). The smallest absolute Gasteiger partial charge is 0.490 e. The summed E-state index contributed by atoms with van der Waals surface area (Å²) in [5.41, 5.74) is 4.20. The van der Waals surface area contributed by atoms with Crippen LogP contribution in [0.2, 0.25) is 0 Å². The summed E-state index contributed by atoms with van der Waals surface area (Å²) in [6.45, 7) is 19.1. The van der Waals surface area contributed by atoms with Gasteiger partial charge in [-0.15, -0.1) is 0 Å². The van der Waals surface area contributed by atoms with Crippen molar-refractivity contribution in [2.45, 2.75) is 92.5 Å². The van der Waals surface area contributed by atoms with Gasteiger partial charge in [0, 0.05) is 0 Å². The Kier molecular flexibility index (Phi) is 7.05. The van der Waals surface area contributed by atoms with Crippen molar-refractivity contribution in [2.75, 3.05) is 6.61 Å². The quantitative estimate of drug-likeness (QED) is 0.564. The summed E-state index contributed by atoms with van der Waals surface area (Å²) in [6, 6.07) is 6.35. The van der Waals surface area contributed by atoms with Crippen LogP contribution in [0.1, 0.15) is 72.9 Å². The van der Waals surface area contributed by atoms with Crippen molar-refractivity contribution in [3.63, 3.8) is 0 Å². The molecule has 0 aromatic heterocycles. The van der Waals surface area contributed by atoms with Crippen LogP contribution in [0.4, 0.5) is 0 Å². The summed E-state index contributed by atoms with van der Waals surface area (Å²) in [6.07, 6.45) is 5.86. The van der Waals surface area contributed by atoms with E-state index in [2.05, 4.69) is 65.8 Å². The monoisotopic (exact) mass is 440 g/mol. The Morgan fingerprint density at radius 1 is 1.12 bits per heavy atom. The highest BCUT2D eigenvalue weighted by atomic mass is 16.7. The summed E-state index contributed by atoms with van der Waals surface area (Å²) < 4.78 is 18.4. The molecule has 176 valence electrons. The van der Waals surface area contributed by atoms with Crippen molar-refractivity contribution in [1.82, 2.24) is 0 Å². The van der Waals surface area contributed by atoms with E-state index in [1.54, 1.807) is 0 Å². The second-order valence-corrected chi connectivity index (χ2v) is 11.7. The average Bonchev–Trinajstić information content (AvgIpc) is 2.87. The summed E-state index contributed by atoms with van der Waals surface area (Å²) in [4.78, 5) is 0. The van der Waals surface area contributed by atoms with Gasteiger partial charge in [-0.1, -0.05) is 57.6 Å². The van der Waals surface area contributed by atoms with Gasteiger partial charge in [-0.25, -0.2) is 0 Å². The molecule has 4 nitrogen and oxygen atoms in total. The normalized spacial score (nSPS) is 23.6. The summed E-state index contributed by atoms with van der Waals surface area (Å²) in [5, 5.41) is 10.2. The highest BCUT2D eigenvalue weighted by Crippen LogP contribution is 2.41. The van der Waals surface area contributed by atoms with E-state index in [1.807, 2.05) is 26.8 Å². The van der Waals surface area contributed by atoms with Crippen molar-refractivity contribution >= 4 is 7.12 Å². The van der Waals surface area contributed by atoms with Gasteiger partial charge in [0.05, 0.1) is 17.3 Å². The molecule has 1 aliphatic heterocycles. The van der Waals surface area contributed by atoms with Gasteiger partial charge in [-0.05, 0) is 81.5 Å². The van der Waals surface area contributed by atoms with E-state index in [1.165, 1.54) is 16.6 Å². The first-order valence-electron chi connectivity index (χ1n) is 11.8. The Labute approximate surface area is 195 Å². The number of ether oxygens (including phenoxy) is 1. The molecule has 0 spiro atoms. The lowest BCUT2D eigenvalue weighted by Gasteiger charge is -2.32. The predicted molar refractivity (Wildman–Crippen MR) is 132 cm³/mol. The minimum atomic E-state index is -0.500. The number of allylic oxidation sites excluding steroid dienone is 4. The van der Waals surface area contributed by atoms with Gasteiger partial charge < -0.3 is 19.2 Å². The van der Waals surface area contributed by atoms with E-state index in [4.69, 9.17) is 14.0 Å². The van der Waals surface area contributed by atoms with Crippen molar-refractivity contribution in [3.8, 4) is 5.75 Å². The van der Waals surface area contributed by atoms with E-state index in [9.17, 15) is 5.11 Å². The number of aliphatic hydroxyl groups excluding tert-OH is 1. The molecule has 1 N–H and O–H groups in total. The van der Waals surface area contributed by atoms with Crippen molar-refractivity contribution < 1.29 is 19.2 Å². The lowest BCUT2D eigenvalue weighted by Crippen LogP contribution is -2.41. The Balaban J connectivity index is 1.65. The number of hydrogen-bond acceptors (Lipinski definition) is 4. The second kappa shape index (κ2) is 9.00. The molecule has 2 unspecified atom stereocenters. The topological polar surface area (TPSA) is 47.9 Å². The van der Waals surface area contributed by atoms with Crippen LogP contribution in [0.5, 0.6) is 5.75 Å². The highest BCUT2D eigenvalue weighted by molar-refractivity contribution is 6.54. The van der Waals surface area contributed by atoms with Gasteiger partial charge >= 0.3 is 7.12 Å². The summed E-state index contributed by atoms with van der Waals surface area (Å²) >= 11 is 0. The van der Waals surface area contributed by atoms with Crippen LogP contribution >= 0.6 is 0 Å². The minimum Gasteiger partial charge on any atom is -0.491 e. The first-order valence-corrected chi connectivity index (χ1v) is 11.8. The maximum atomic E-state index is 10.2. The van der Waals surface area contributed by atoms with E-state index in [-0.39, 0.29) is 23.7 Å². The number of benzene rings is 1. The average molecular weight is 440 g/mol. The van der Waals surface area contributed by atoms with Gasteiger partial charge in [-0.2, -0.15) is 0 Å². The highest BCUT2D eigenvalue weighted by Gasteiger charge is 2.53. The fraction of sp³-hybridized carbons (Fsp3) is 0.630. The summed E-state index contributed by atoms with van der Waals surface area (Å²) in [7, 11) is -0.269. The molecule has 0 bridgehead atoms. The molecule has 1 aromatic rings. The Morgan fingerprint density at radius 2 is 1.75 bits per heavy atom. The van der Waals surface area contributed by atoms with Crippen LogP contribution in [0.25, 0.3) is 0 Å². The first-order chi connectivity index (χ1) is 14.7. The second-order valence-electron chi connectivity index (χ2n) is 11.7. The fourth-order valence-electron chi connectivity index (χ4n) is 4.04. The maximum Gasteiger partial charge on any atom is 0.490 e.